The van der Waals surface area contributed by atoms with E-state index >= 15 is 0 Å². The van der Waals surface area contributed by atoms with Gasteiger partial charge in [0.15, 0.2) is 5.82 Å². The molecule has 0 amide bonds. The fraction of sp³-hybridized carbons (Fsp3) is 0.500. The van der Waals surface area contributed by atoms with E-state index < -0.39 is 0 Å². The van der Waals surface area contributed by atoms with Crippen LogP contribution in [0.1, 0.15) is 25.0 Å². The lowest BCUT2D eigenvalue weighted by molar-refractivity contribution is 0.195. The number of nitrogens with one attached hydrogen (secondary N) is 2. The molecular weight excluding hydrogens is 306 g/mol. The van der Waals surface area contributed by atoms with Crippen molar-refractivity contribution in [2.75, 3.05) is 23.8 Å². The van der Waals surface area contributed by atoms with Gasteiger partial charge in [0.1, 0.15) is 17.3 Å². The first kappa shape index (κ1) is 15.1. The number of fused-ring (bicyclic) bond motifs is 1. The van der Waals surface area contributed by atoms with Crippen molar-refractivity contribution in [2.45, 2.75) is 37.4 Å². The quantitative estimate of drug-likeness (QED) is 0.761. The van der Waals surface area contributed by atoms with Gasteiger partial charge in [0.2, 0.25) is 5.95 Å². The lowest BCUT2D eigenvalue weighted by atomic mass is 9.88. The van der Waals surface area contributed by atoms with Crippen LogP contribution in [-0.4, -0.2) is 46.3 Å². The van der Waals surface area contributed by atoms with Gasteiger partial charge in [0, 0.05) is 30.3 Å². The van der Waals surface area contributed by atoms with E-state index in [0.717, 1.165) is 31.3 Å². The summed E-state index contributed by atoms with van der Waals surface area (Å²) >= 11 is 0. The fourth-order valence-corrected chi connectivity index (χ4v) is 3.07. The number of nitrogens with two attached hydrogens (primary N) is 1. The Hall–Kier alpha value is -2.50. The lowest BCUT2D eigenvalue weighted by Crippen LogP contribution is -2.44. The predicted molar refractivity (Wildman–Crippen MR) is 89.5 cm³/mol. The van der Waals surface area contributed by atoms with E-state index in [9.17, 15) is 5.26 Å². The molecule has 4 N–H and O–H groups in total. The van der Waals surface area contributed by atoms with E-state index in [2.05, 4.69) is 31.7 Å². The average Bonchev–Trinajstić information content (AvgIpc) is 3.06. The first-order valence-corrected chi connectivity index (χ1v) is 8.15. The van der Waals surface area contributed by atoms with E-state index in [4.69, 9.17) is 10.5 Å². The Bertz CT molecular complexity index is 791. The zero-order valence-corrected chi connectivity index (χ0v) is 13.2. The van der Waals surface area contributed by atoms with Gasteiger partial charge < -0.3 is 21.1 Å². The molecule has 124 valence electrons. The van der Waals surface area contributed by atoms with E-state index in [1.807, 2.05) is 0 Å². The van der Waals surface area contributed by atoms with Crippen LogP contribution < -0.4 is 16.4 Å². The van der Waals surface area contributed by atoms with Crippen molar-refractivity contribution < 1.29 is 4.74 Å². The Morgan fingerprint density at radius 2 is 2.12 bits per heavy atom. The summed E-state index contributed by atoms with van der Waals surface area (Å²) < 4.78 is 5.39. The molecule has 1 atom stereocenters. The smallest absolute Gasteiger partial charge is 0.223 e. The second-order valence-electron chi connectivity index (χ2n) is 6.38. The van der Waals surface area contributed by atoms with Crippen molar-refractivity contribution in [1.82, 2.24) is 15.0 Å². The van der Waals surface area contributed by atoms with Crippen molar-refractivity contribution in [1.29, 1.82) is 5.26 Å². The standard InChI is InChI=1S/C16H19N7O/c17-6-13-3-9-7-19-16(22-12-4-10(18)5-12)23-14(9)15(21-13)20-11-1-2-24-8-11/h3,7,10-12H,1-2,4-5,8,18H2,(H,20,21)(H,19,22,23)/t10-,11?,12-. The number of hydrogen-bond donors (Lipinski definition) is 3. The molecule has 0 radical (unpaired) electrons. The Balaban J connectivity index is 1.66. The van der Waals surface area contributed by atoms with Gasteiger partial charge in [-0.15, -0.1) is 0 Å². The minimum Gasteiger partial charge on any atom is -0.379 e. The second-order valence-corrected chi connectivity index (χ2v) is 6.38. The molecule has 2 aromatic rings. The van der Waals surface area contributed by atoms with Gasteiger partial charge in [0.25, 0.3) is 0 Å². The van der Waals surface area contributed by atoms with Crippen LogP contribution in [0.15, 0.2) is 12.3 Å². The number of nitrogens with zero attached hydrogens (tertiary/aromatic N) is 4. The number of aromatic nitrogens is 3. The van der Waals surface area contributed by atoms with E-state index in [1.165, 1.54) is 0 Å². The highest BCUT2D eigenvalue weighted by atomic mass is 16.5. The van der Waals surface area contributed by atoms with E-state index in [-0.39, 0.29) is 12.1 Å². The highest BCUT2D eigenvalue weighted by Crippen LogP contribution is 2.25. The van der Waals surface area contributed by atoms with E-state index in [0.29, 0.717) is 35.6 Å². The minimum absolute atomic E-state index is 0.186. The maximum Gasteiger partial charge on any atom is 0.223 e. The van der Waals surface area contributed by atoms with Crippen molar-refractivity contribution in [3.05, 3.63) is 18.0 Å². The van der Waals surface area contributed by atoms with Crippen LogP contribution >= 0.6 is 0 Å². The van der Waals surface area contributed by atoms with Crippen molar-refractivity contribution in [3.63, 3.8) is 0 Å². The van der Waals surface area contributed by atoms with Crippen LogP contribution in [0.25, 0.3) is 10.9 Å². The molecule has 4 rings (SSSR count). The molecule has 24 heavy (non-hydrogen) atoms. The van der Waals surface area contributed by atoms with Gasteiger partial charge in [0.05, 0.1) is 12.6 Å². The maximum absolute atomic E-state index is 9.19. The molecular formula is C16H19N7O. The van der Waals surface area contributed by atoms with Crippen LogP contribution in [0.5, 0.6) is 0 Å². The first-order chi connectivity index (χ1) is 11.7. The van der Waals surface area contributed by atoms with Crippen LogP contribution in [0.2, 0.25) is 0 Å². The highest BCUT2D eigenvalue weighted by molar-refractivity contribution is 5.89. The van der Waals surface area contributed by atoms with Gasteiger partial charge >= 0.3 is 0 Å². The number of ether oxygens (including phenoxy) is 1. The van der Waals surface area contributed by atoms with Crippen LogP contribution in [0.4, 0.5) is 11.8 Å². The molecule has 3 heterocycles. The number of pyridine rings is 1. The second kappa shape index (κ2) is 6.19. The Morgan fingerprint density at radius 1 is 1.25 bits per heavy atom. The summed E-state index contributed by atoms with van der Waals surface area (Å²) in [4.78, 5) is 13.3. The minimum atomic E-state index is 0.186. The molecule has 1 aliphatic carbocycles. The monoisotopic (exact) mass is 325 g/mol. The van der Waals surface area contributed by atoms with Crippen LogP contribution in [0.3, 0.4) is 0 Å². The fourth-order valence-electron chi connectivity index (χ4n) is 3.07. The summed E-state index contributed by atoms with van der Waals surface area (Å²) in [7, 11) is 0. The average molecular weight is 325 g/mol. The van der Waals surface area contributed by atoms with Crippen molar-refractivity contribution in [2.24, 2.45) is 5.73 Å². The van der Waals surface area contributed by atoms with E-state index in [1.54, 1.807) is 12.3 Å². The largest absolute Gasteiger partial charge is 0.379 e. The zero-order valence-electron chi connectivity index (χ0n) is 13.2. The van der Waals surface area contributed by atoms with Crippen molar-refractivity contribution >= 4 is 22.7 Å². The summed E-state index contributed by atoms with van der Waals surface area (Å²) in [5.41, 5.74) is 6.87. The van der Waals surface area contributed by atoms with Crippen LogP contribution in [0, 0.1) is 11.3 Å². The maximum atomic E-state index is 9.19. The summed E-state index contributed by atoms with van der Waals surface area (Å²) in [6.07, 6.45) is 4.49. The summed E-state index contributed by atoms with van der Waals surface area (Å²) in [5, 5.41) is 16.6. The predicted octanol–water partition coefficient (Wildman–Crippen LogP) is 0.999. The third kappa shape index (κ3) is 2.96. The molecule has 0 bridgehead atoms. The molecule has 1 saturated carbocycles. The topological polar surface area (TPSA) is 122 Å². The zero-order chi connectivity index (χ0) is 16.5. The molecule has 0 spiro atoms. The van der Waals surface area contributed by atoms with Gasteiger partial charge in [-0.05, 0) is 25.3 Å². The number of anilines is 2. The summed E-state index contributed by atoms with van der Waals surface area (Å²) in [6.45, 7) is 1.37. The molecule has 8 nitrogen and oxygen atoms in total. The van der Waals surface area contributed by atoms with Gasteiger partial charge in [-0.1, -0.05) is 0 Å². The molecule has 2 fully saturated rings. The first-order valence-electron chi connectivity index (χ1n) is 8.15. The summed E-state index contributed by atoms with van der Waals surface area (Å²) in [5.74, 6) is 1.17. The van der Waals surface area contributed by atoms with Gasteiger partial charge in [-0.2, -0.15) is 5.26 Å². The Labute approximate surface area is 139 Å². The third-order valence-corrected chi connectivity index (χ3v) is 4.46. The van der Waals surface area contributed by atoms with Gasteiger partial charge in [-0.25, -0.2) is 15.0 Å². The SMILES string of the molecule is N#Cc1cc2cnc(N[C@H]3C[C@H](N)C3)nc2c(NC2CCOC2)n1. The normalized spacial score (nSPS) is 25.9. The number of nitriles is 1. The van der Waals surface area contributed by atoms with Crippen molar-refractivity contribution in [3.8, 4) is 6.07 Å². The molecule has 1 saturated heterocycles. The Morgan fingerprint density at radius 3 is 2.83 bits per heavy atom. The molecule has 2 aromatic heterocycles. The summed E-state index contributed by atoms with van der Waals surface area (Å²) in [6, 6.07) is 4.56. The number of hydrogen-bond acceptors (Lipinski definition) is 8. The highest BCUT2D eigenvalue weighted by Gasteiger charge is 2.26. The lowest BCUT2D eigenvalue weighted by Gasteiger charge is -2.32. The molecule has 8 heteroatoms. The third-order valence-electron chi connectivity index (χ3n) is 4.46. The molecule has 0 aromatic carbocycles. The molecule has 1 aliphatic heterocycles. The van der Waals surface area contributed by atoms with Gasteiger partial charge in [-0.3, -0.25) is 0 Å². The molecule has 1 unspecified atom stereocenters. The van der Waals surface area contributed by atoms with Crippen LogP contribution in [-0.2, 0) is 4.74 Å². The Kier molecular flexibility index (Phi) is 3.88. The number of rotatable bonds is 4. The molecule has 2 aliphatic rings.